The van der Waals surface area contributed by atoms with E-state index in [9.17, 15) is 34.8 Å². The van der Waals surface area contributed by atoms with E-state index >= 15 is 0 Å². The summed E-state index contributed by atoms with van der Waals surface area (Å²) >= 11 is 0. The number of ketones is 2. The maximum Gasteiger partial charge on any atom is 0.255 e. The minimum atomic E-state index is -2.75. The Hall–Kier alpha value is -4.35. The van der Waals surface area contributed by atoms with Crippen LogP contribution in [0.3, 0.4) is 0 Å². The molecule has 0 bridgehead atoms. The van der Waals surface area contributed by atoms with Crippen molar-refractivity contribution in [2.24, 2.45) is 17.1 Å². The lowest BCUT2D eigenvalue weighted by Gasteiger charge is -2.57. The summed E-state index contributed by atoms with van der Waals surface area (Å²) in [4.78, 5) is 43.5. The Balaban J connectivity index is 1.79. The second-order valence-corrected chi connectivity index (χ2v) is 12.1. The predicted molar refractivity (Wildman–Crippen MR) is 160 cm³/mol. The first-order valence-corrected chi connectivity index (χ1v) is 14.1. The average Bonchev–Trinajstić information content (AvgIpc) is 2.91. The van der Waals surface area contributed by atoms with E-state index in [2.05, 4.69) is 0 Å². The molecule has 0 saturated heterocycles. The van der Waals surface area contributed by atoms with Gasteiger partial charge in [0.15, 0.2) is 11.4 Å². The number of benzene rings is 2. The second kappa shape index (κ2) is 10.1. The molecule has 2 aromatic carbocycles. The Morgan fingerprint density at radius 3 is 2.37 bits per heavy atom. The molecule has 5 rings (SSSR count). The van der Waals surface area contributed by atoms with Crippen LogP contribution in [0.25, 0.3) is 16.9 Å². The number of Topliss-reactive ketones (excluding diaryl/α,β-unsaturated/α-hetero) is 2. The number of nitrogens with two attached hydrogens (primary N) is 1. The van der Waals surface area contributed by atoms with Crippen LogP contribution in [-0.2, 0) is 20.8 Å². The number of carbonyl (C=O) groups excluding carboxylic acids is 3. The number of phenols is 1. The van der Waals surface area contributed by atoms with Gasteiger partial charge in [-0.25, -0.2) is 0 Å². The van der Waals surface area contributed by atoms with Gasteiger partial charge in [-0.15, -0.1) is 0 Å². The van der Waals surface area contributed by atoms with E-state index in [0.717, 1.165) is 0 Å². The SMILES string of the molecule is CCOc1cccc(-c2cc(N(C)C)c3c(c2O)C(O)=C2C(=O)[C@]4(O)C(O)=C(C(N)=O)C(=O)[C@@H](N(C)C)C4(C)C[C@@H]2C3)c1. The molecule has 1 amide bonds. The van der Waals surface area contributed by atoms with E-state index in [0.29, 0.717) is 34.7 Å². The number of amides is 1. The minimum Gasteiger partial charge on any atom is -0.508 e. The molecule has 3 aliphatic rings. The molecule has 228 valence electrons. The number of anilines is 1. The first-order valence-electron chi connectivity index (χ1n) is 14.1. The zero-order valence-electron chi connectivity index (χ0n) is 25.1. The van der Waals surface area contributed by atoms with Crippen molar-refractivity contribution in [3.63, 3.8) is 0 Å². The number of primary amides is 1. The first-order chi connectivity index (χ1) is 20.1. The fourth-order valence-corrected chi connectivity index (χ4v) is 7.41. The van der Waals surface area contributed by atoms with Gasteiger partial charge in [0, 0.05) is 36.3 Å². The van der Waals surface area contributed by atoms with E-state index in [1.54, 1.807) is 44.4 Å². The van der Waals surface area contributed by atoms with Crippen LogP contribution in [0.4, 0.5) is 5.69 Å². The number of aliphatic hydroxyl groups is 3. The van der Waals surface area contributed by atoms with Crippen molar-refractivity contribution >= 4 is 28.9 Å². The molecule has 0 spiro atoms. The molecule has 2 aromatic rings. The van der Waals surface area contributed by atoms with Gasteiger partial charge in [0.25, 0.3) is 5.91 Å². The van der Waals surface area contributed by atoms with Crippen molar-refractivity contribution < 1.29 is 39.5 Å². The molecule has 0 aromatic heterocycles. The average molecular weight is 592 g/mol. The van der Waals surface area contributed by atoms with Crippen LogP contribution in [0.2, 0.25) is 0 Å². The number of carbonyl (C=O) groups is 3. The number of fused-ring (bicyclic) bond motifs is 3. The monoisotopic (exact) mass is 591 g/mol. The molecule has 0 radical (unpaired) electrons. The molecule has 1 saturated carbocycles. The Bertz CT molecular complexity index is 1640. The lowest BCUT2D eigenvalue weighted by Crippen LogP contribution is -2.71. The van der Waals surface area contributed by atoms with Crippen LogP contribution in [0, 0.1) is 11.3 Å². The van der Waals surface area contributed by atoms with Crippen LogP contribution in [0.15, 0.2) is 47.2 Å². The number of aliphatic hydroxyl groups excluding tert-OH is 2. The lowest BCUT2D eigenvalue weighted by atomic mass is 9.50. The highest BCUT2D eigenvalue weighted by molar-refractivity contribution is 6.25. The summed E-state index contributed by atoms with van der Waals surface area (Å²) in [5, 5.41) is 46.7. The number of hydrogen-bond acceptors (Lipinski definition) is 10. The van der Waals surface area contributed by atoms with Gasteiger partial charge in [-0.3, -0.25) is 19.3 Å². The van der Waals surface area contributed by atoms with Crippen LogP contribution in [-0.4, -0.2) is 89.2 Å². The van der Waals surface area contributed by atoms with Gasteiger partial charge in [0.05, 0.1) is 18.2 Å². The van der Waals surface area contributed by atoms with E-state index < -0.39 is 57.5 Å². The standard InChI is InChI=1S/C32H37N3O8/c1-7-43-17-10-8-9-15(11-17)18-13-20(34(3)4)19-12-16-14-31(2)27(35(5)6)26(38)23(30(33)41)29(40)32(31,42)28(39)21(16)25(37)22(19)24(18)36/h8-11,13,16,27,36-37,40,42H,7,12,14H2,1-6H3,(H2,33,41)/t16-,27+,31?,32-/m0/s1. The van der Waals surface area contributed by atoms with Crippen LogP contribution < -0.4 is 15.4 Å². The first kappa shape index (κ1) is 30.1. The zero-order valence-corrected chi connectivity index (χ0v) is 25.1. The third kappa shape index (κ3) is 4.05. The van der Waals surface area contributed by atoms with Crippen molar-refractivity contribution in [1.29, 1.82) is 0 Å². The number of hydrogen-bond donors (Lipinski definition) is 5. The van der Waals surface area contributed by atoms with Crippen LogP contribution in [0.5, 0.6) is 11.5 Å². The van der Waals surface area contributed by atoms with E-state index in [1.165, 1.54) is 11.8 Å². The molecule has 11 nitrogen and oxygen atoms in total. The topological polar surface area (TPSA) is 174 Å². The highest BCUT2D eigenvalue weighted by Gasteiger charge is 2.70. The molecule has 1 unspecified atom stereocenters. The summed E-state index contributed by atoms with van der Waals surface area (Å²) in [5.74, 6) is -5.17. The van der Waals surface area contributed by atoms with E-state index in [1.807, 2.05) is 25.9 Å². The number of aromatic hydroxyl groups is 1. The molecular formula is C32H37N3O8. The molecular weight excluding hydrogens is 554 g/mol. The molecule has 43 heavy (non-hydrogen) atoms. The summed E-state index contributed by atoms with van der Waals surface area (Å²) in [6.45, 7) is 3.82. The molecule has 11 heteroatoms. The highest BCUT2D eigenvalue weighted by Crippen LogP contribution is 2.59. The van der Waals surface area contributed by atoms with Crippen LogP contribution in [0.1, 0.15) is 31.4 Å². The smallest absolute Gasteiger partial charge is 0.255 e. The van der Waals surface area contributed by atoms with E-state index in [4.69, 9.17) is 10.5 Å². The Labute approximate surface area is 249 Å². The summed E-state index contributed by atoms with van der Waals surface area (Å²) in [7, 11) is 6.79. The summed E-state index contributed by atoms with van der Waals surface area (Å²) < 4.78 is 5.63. The number of rotatable bonds is 6. The fourth-order valence-electron chi connectivity index (χ4n) is 7.41. The van der Waals surface area contributed by atoms with Crippen molar-refractivity contribution in [3.8, 4) is 22.6 Å². The van der Waals surface area contributed by atoms with Crippen molar-refractivity contribution in [2.75, 3.05) is 39.7 Å². The van der Waals surface area contributed by atoms with Crippen LogP contribution >= 0.6 is 0 Å². The lowest BCUT2D eigenvalue weighted by molar-refractivity contribution is -0.171. The van der Waals surface area contributed by atoms with Gasteiger partial charge < -0.3 is 35.8 Å². The molecule has 1 fully saturated rings. The largest absolute Gasteiger partial charge is 0.508 e. The normalized spacial score (nSPS) is 26.7. The maximum absolute atomic E-state index is 14.3. The summed E-state index contributed by atoms with van der Waals surface area (Å²) in [5.41, 5.74) is 2.35. The summed E-state index contributed by atoms with van der Waals surface area (Å²) in [6.07, 6.45) is 0.179. The van der Waals surface area contributed by atoms with Gasteiger partial charge in [-0.2, -0.15) is 0 Å². The fraction of sp³-hybridized carbons (Fsp3) is 0.406. The predicted octanol–water partition coefficient (Wildman–Crippen LogP) is 2.49. The van der Waals surface area contributed by atoms with Crippen molar-refractivity contribution in [2.45, 2.75) is 38.3 Å². The van der Waals surface area contributed by atoms with Crippen molar-refractivity contribution in [3.05, 3.63) is 58.4 Å². The second-order valence-electron chi connectivity index (χ2n) is 12.1. The molecule has 3 aliphatic carbocycles. The number of ether oxygens (including phenoxy) is 1. The minimum absolute atomic E-state index is 0.00938. The third-order valence-electron chi connectivity index (χ3n) is 9.18. The zero-order chi connectivity index (χ0) is 31.8. The Kier molecular flexibility index (Phi) is 7.10. The third-order valence-corrected chi connectivity index (χ3v) is 9.18. The van der Waals surface area contributed by atoms with Gasteiger partial charge in [-0.05, 0) is 69.1 Å². The van der Waals surface area contributed by atoms with E-state index in [-0.39, 0.29) is 29.7 Å². The maximum atomic E-state index is 14.3. The summed E-state index contributed by atoms with van der Waals surface area (Å²) in [6, 6.07) is 7.73. The molecule has 0 aliphatic heterocycles. The van der Waals surface area contributed by atoms with Gasteiger partial charge in [-0.1, -0.05) is 19.1 Å². The molecule has 4 atom stereocenters. The number of nitrogens with zero attached hydrogens (tertiary/aromatic N) is 2. The van der Waals surface area contributed by atoms with Gasteiger partial charge in [0.1, 0.15) is 28.6 Å². The highest BCUT2D eigenvalue weighted by atomic mass is 16.5. The van der Waals surface area contributed by atoms with Gasteiger partial charge in [0.2, 0.25) is 5.78 Å². The Morgan fingerprint density at radius 2 is 1.79 bits per heavy atom. The molecule has 0 heterocycles. The van der Waals surface area contributed by atoms with Gasteiger partial charge >= 0.3 is 0 Å². The number of likely N-dealkylation sites (N-methyl/N-ethyl adjacent to an activating group) is 1. The van der Waals surface area contributed by atoms with Crippen molar-refractivity contribution in [1.82, 2.24) is 4.90 Å². The quantitative estimate of drug-likeness (QED) is 0.314. The Morgan fingerprint density at radius 1 is 1.12 bits per heavy atom. The number of phenolic OH excluding ortho intramolecular Hbond substituents is 1. The molecule has 6 N–H and O–H groups in total.